The summed E-state index contributed by atoms with van der Waals surface area (Å²) in [5.41, 5.74) is 6.45. The zero-order valence-electron chi connectivity index (χ0n) is 11.0. The molecular formula is C13H19ClN4O. The van der Waals surface area contributed by atoms with Gasteiger partial charge in [0.05, 0.1) is 17.4 Å². The van der Waals surface area contributed by atoms with Gasteiger partial charge < -0.3 is 11.1 Å². The maximum absolute atomic E-state index is 12.0. The molecular weight excluding hydrogens is 264 g/mol. The van der Waals surface area contributed by atoms with Gasteiger partial charge in [-0.05, 0) is 38.9 Å². The highest BCUT2D eigenvalue weighted by Crippen LogP contribution is 2.15. The summed E-state index contributed by atoms with van der Waals surface area (Å²) in [7, 11) is 0. The first-order valence-electron chi connectivity index (χ1n) is 6.51. The number of likely N-dealkylation sites (tertiary alicyclic amines) is 1. The van der Waals surface area contributed by atoms with E-state index in [0.29, 0.717) is 23.8 Å². The summed E-state index contributed by atoms with van der Waals surface area (Å²) in [5.74, 6) is -0.201. The molecule has 6 heteroatoms. The van der Waals surface area contributed by atoms with Crippen LogP contribution in [0.1, 0.15) is 30.1 Å². The predicted molar refractivity (Wildman–Crippen MR) is 76.3 cm³/mol. The molecule has 1 aromatic rings. The number of rotatable bonds is 4. The molecule has 1 aliphatic rings. The molecule has 0 aliphatic carbocycles. The third kappa shape index (κ3) is 3.58. The second-order valence-electron chi connectivity index (χ2n) is 4.90. The number of aromatic nitrogens is 1. The van der Waals surface area contributed by atoms with E-state index in [1.54, 1.807) is 0 Å². The van der Waals surface area contributed by atoms with Crippen molar-refractivity contribution < 1.29 is 4.79 Å². The van der Waals surface area contributed by atoms with Crippen molar-refractivity contribution in [1.29, 1.82) is 0 Å². The van der Waals surface area contributed by atoms with Crippen molar-refractivity contribution in [3.63, 3.8) is 0 Å². The van der Waals surface area contributed by atoms with Crippen molar-refractivity contribution in [1.82, 2.24) is 15.2 Å². The van der Waals surface area contributed by atoms with Gasteiger partial charge in [-0.2, -0.15) is 0 Å². The van der Waals surface area contributed by atoms with Gasteiger partial charge in [0.1, 0.15) is 5.15 Å². The van der Waals surface area contributed by atoms with Crippen molar-refractivity contribution in [2.75, 3.05) is 25.4 Å². The van der Waals surface area contributed by atoms with E-state index >= 15 is 0 Å². The lowest BCUT2D eigenvalue weighted by molar-refractivity contribution is 0.0941. The normalized spacial score (nSPS) is 17.4. The molecule has 1 atom stereocenters. The number of pyridine rings is 1. The molecule has 1 amide bonds. The van der Waals surface area contributed by atoms with Gasteiger partial charge in [-0.3, -0.25) is 9.69 Å². The molecule has 0 aromatic carbocycles. The Morgan fingerprint density at radius 2 is 2.26 bits per heavy atom. The maximum Gasteiger partial charge on any atom is 0.253 e. The number of halogens is 1. The van der Waals surface area contributed by atoms with Crippen LogP contribution < -0.4 is 11.1 Å². The quantitative estimate of drug-likeness (QED) is 0.822. The first-order valence-corrected chi connectivity index (χ1v) is 6.89. The second kappa shape index (κ2) is 6.21. The Morgan fingerprint density at radius 3 is 2.95 bits per heavy atom. The van der Waals surface area contributed by atoms with Crippen molar-refractivity contribution >= 4 is 23.2 Å². The van der Waals surface area contributed by atoms with Crippen molar-refractivity contribution in [3.8, 4) is 0 Å². The summed E-state index contributed by atoms with van der Waals surface area (Å²) in [6.07, 6.45) is 3.89. The van der Waals surface area contributed by atoms with Gasteiger partial charge in [0, 0.05) is 12.6 Å². The second-order valence-corrected chi connectivity index (χ2v) is 5.28. The van der Waals surface area contributed by atoms with Gasteiger partial charge >= 0.3 is 0 Å². The highest BCUT2D eigenvalue weighted by Gasteiger charge is 2.19. The average molecular weight is 283 g/mol. The summed E-state index contributed by atoms with van der Waals surface area (Å²) in [6.45, 7) is 4.95. The minimum Gasteiger partial charge on any atom is -0.397 e. The number of carbonyl (C=O) groups is 1. The lowest BCUT2D eigenvalue weighted by Crippen LogP contribution is -2.40. The standard InChI is InChI=1S/C13H19ClN4O/c1-9(18-4-2-3-5-18)7-17-13(19)10-6-12(14)16-8-11(10)15/h6,8-9H,2-5,7,15H2,1H3,(H,17,19). The molecule has 1 unspecified atom stereocenters. The Labute approximate surface area is 118 Å². The summed E-state index contributed by atoms with van der Waals surface area (Å²) in [5, 5.41) is 3.17. The zero-order chi connectivity index (χ0) is 13.8. The summed E-state index contributed by atoms with van der Waals surface area (Å²) >= 11 is 5.77. The molecule has 104 valence electrons. The lowest BCUT2D eigenvalue weighted by atomic mass is 10.2. The van der Waals surface area contributed by atoms with E-state index in [2.05, 4.69) is 22.1 Å². The van der Waals surface area contributed by atoms with E-state index in [9.17, 15) is 4.79 Å². The van der Waals surface area contributed by atoms with Gasteiger partial charge in [0.15, 0.2) is 0 Å². The number of carbonyl (C=O) groups excluding carboxylic acids is 1. The molecule has 2 rings (SSSR count). The number of nitrogens with two attached hydrogens (primary N) is 1. The monoisotopic (exact) mass is 282 g/mol. The number of amides is 1. The number of nitrogens with one attached hydrogen (secondary N) is 1. The van der Waals surface area contributed by atoms with Crippen LogP contribution in [0.3, 0.4) is 0 Å². The molecule has 1 aliphatic heterocycles. The van der Waals surface area contributed by atoms with Crippen molar-refractivity contribution in [2.24, 2.45) is 0 Å². The molecule has 5 nitrogen and oxygen atoms in total. The Hall–Kier alpha value is -1.33. The van der Waals surface area contributed by atoms with Gasteiger partial charge in [0.25, 0.3) is 5.91 Å². The molecule has 1 saturated heterocycles. The van der Waals surface area contributed by atoms with Gasteiger partial charge in [-0.1, -0.05) is 11.6 Å². The van der Waals surface area contributed by atoms with Crippen LogP contribution in [0.4, 0.5) is 5.69 Å². The fraction of sp³-hybridized carbons (Fsp3) is 0.538. The fourth-order valence-electron chi connectivity index (χ4n) is 2.28. The molecule has 0 radical (unpaired) electrons. The first kappa shape index (κ1) is 14.1. The van der Waals surface area contributed by atoms with Crippen LogP contribution in [0.2, 0.25) is 5.15 Å². The number of anilines is 1. The lowest BCUT2D eigenvalue weighted by Gasteiger charge is -2.23. The number of hydrogen-bond donors (Lipinski definition) is 2. The molecule has 1 fully saturated rings. The van der Waals surface area contributed by atoms with E-state index < -0.39 is 0 Å². The Balaban J connectivity index is 1.91. The molecule has 19 heavy (non-hydrogen) atoms. The predicted octanol–water partition coefficient (Wildman–Crippen LogP) is 1.53. The number of nitrogens with zero attached hydrogens (tertiary/aromatic N) is 2. The molecule has 3 N–H and O–H groups in total. The Morgan fingerprint density at radius 1 is 1.58 bits per heavy atom. The third-order valence-corrected chi connectivity index (χ3v) is 3.67. The fourth-order valence-corrected chi connectivity index (χ4v) is 2.44. The molecule has 0 bridgehead atoms. The first-order chi connectivity index (χ1) is 9.08. The minimum atomic E-state index is -0.201. The Bertz CT molecular complexity index is 460. The van der Waals surface area contributed by atoms with Crippen LogP contribution in [-0.4, -0.2) is 41.5 Å². The highest BCUT2D eigenvalue weighted by molar-refractivity contribution is 6.29. The van der Waals surface area contributed by atoms with Crippen LogP contribution >= 0.6 is 11.6 Å². The van der Waals surface area contributed by atoms with Crippen molar-refractivity contribution in [3.05, 3.63) is 23.0 Å². The van der Waals surface area contributed by atoms with E-state index in [4.69, 9.17) is 17.3 Å². The average Bonchev–Trinajstić information content (AvgIpc) is 2.92. The van der Waals surface area contributed by atoms with Crippen LogP contribution in [0.25, 0.3) is 0 Å². The number of nitrogen functional groups attached to an aromatic ring is 1. The van der Waals surface area contributed by atoms with Gasteiger partial charge in [-0.15, -0.1) is 0 Å². The largest absolute Gasteiger partial charge is 0.397 e. The van der Waals surface area contributed by atoms with Crippen LogP contribution in [0.15, 0.2) is 12.3 Å². The Kier molecular flexibility index (Phi) is 4.61. The minimum absolute atomic E-state index is 0.201. The van der Waals surface area contributed by atoms with E-state index in [1.165, 1.54) is 25.1 Å². The van der Waals surface area contributed by atoms with Crippen LogP contribution in [-0.2, 0) is 0 Å². The highest BCUT2D eigenvalue weighted by atomic mass is 35.5. The van der Waals surface area contributed by atoms with Crippen LogP contribution in [0.5, 0.6) is 0 Å². The molecule has 0 spiro atoms. The van der Waals surface area contributed by atoms with E-state index in [0.717, 1.165) is 13.1 Å². The number of hydrogen-bond acceptors (Lipinski definition) is 4. The topological polar surface area (TPSA) is 71.2 Å². The van der Waals surface area contributed by atoms with Crippen molar-refractivity contribution in [2.45, 2.75) is 25.8 Å². The molecule has 2 heterocycles. The zero-order valence-corrected chi connectivity index (χ0v) is 11.8. The summed E-state index contributed by atoms with van der Waals surface area (Å²) < 4.78 is 0. The van der Waals surface area contributed by atoms with Gasteiger partial charge in [0.2, 0.25) is 0 Å². The summed E-state index contributed by atoms with van der Waals surface area (Å²) in [4.78, 5) is 18.3. The SMILES string of the molecule is CC(CNC(=O)c1cc(Cl)ncc1N)N1CCCC1. The third-order valence-electron chi connectivity index (χ3n) is 3.47. The van der Waals surface area contributed by atoms with E-state index in [1.807, 2.05) is 0 Å². The summed E-state index contributed by atoms with van der Waals surface area (Å²) in [6, 6.07) is 1.83. The van der Waals surface area contributed by atoms with Gasteiger partial charge in [-0.25, -0.2) is 4.98 Å². The smallest absolute Gasteiger partial charge is 0.253 e. The maximum atomic E-state index is 12.0. The van der Waals surface area contributed by atoms with E-state index in [-0.39, 0.29) is 11.1 Å². The van der Waals surface area contributed by atoms with Crippen LogP contribution in [0, 0.1) is 0 Å². The molecule has 0 saturated carbocycles. The molecule has 1 aromatic heterocycles.